The van der Waals surface area contributed by atoms with Crippen molar-refractivity contribution >= 4 is 23.2 Å². The molecule has 2 aromatic carbocycles. The second-order valence-electron chi connectivity index (χ2n) is 7.44. The first-order valence-electron chi connectivity index (χ1n) is 9.62. The van der Waals surface area contributed by atoms with Crippen LogP contribution in [0, 0.1) is 0 Å². The normalized spacial score (nSPS) is 13.8. The smallest absolute Gasteiger partial charge is 0.313 e. The number of nitrogens with one attached hydrogen (secondary N) is 2. The van der Waals surface area contributed by atoms with Gasteiger partial charge in [-0.1, -0.05) is 18.2 Å². The number of methoxy groups -OCH3 is 1. The average Bonchev–Trinajstić information content (AvgIpc) is 3.08. The van der Waals surface area contributed by atoms with Crippen LogP contribution in [-0.4, -0.2) is 58.1 Å². The summed E-state index contributed by atoms with van der Waals surface area (Å²) in [4.78, 5) is 28.8. The van der Waals surface area contributed by atoms with Gasteiger partial charge in [0.05, 0.1) is 13.2 Å². The Hall–Kier alpha value is -3.06. The highest BCUT2D eigenvalue weighted by Gasteiger charge is 2.22. The number of ether oxygens (including phenoxy) is 1. The third-order valence-electron chi connectivity index (χ3n) is 5.23. The molecule has 2 amide bonds. The molecule has 0 fully saturated rings. The van der Waals surface area contributed by atoms with Crippen molar-refractivity contribution in [2.24, 2.45) is 0 Å². The van der Waals surface area contributed by atoms with Gasteiger partial charge in [0.2, 0.25) is 0 Å². The first kappa shape index (κ1) is 20.7. The highest BCUT2D eigenvalue weighted by molar-refractivity contribution is 6.39. The van der Waals surface area contributed by atoms with E-state index in [0.717, 1.165) is 18.5 Å². The highest BCUT2D eigenvalue weighted by Crippen LogP contribution is 2.30. The molecule has 0 spiro atoms. The summed E-state index contributed by atoms with van der Waals surface area (Å²) in [7, 11) is 7.57. The molecule has 154 valence electrons. The molecule has 0 aliphatic carbocycles. The molecular weight excluding hydrogens is 368 g/mol. The molecule has 0 unspecified atom stereocenters. The van der Waals surface area contributed by atoms with Gasteiger partial charge in [-0.2, -0.15) is 0 Å². The number of rotatable bonds is 6. The van der Waals surface area contributed by atoms with Crippen LogP contribution in [0.1, 0.15) is 17.2 Å². The Morgan fingerprint density at radius 2 is 1.97 bits per heavy atom. The number of anilines is 2. The van der Waals surface area contributed by atoms with Gasteiger partial charge in [0, 0.05) is 37.6 Å². The number of carbonyl (C=O) groups excluding carboxylic acids is 2. The summed E-state index contributed by atoms with van der Waals surface area (Å²) in [6.07, 6.45) is 1.02. The Morgan fingerprint density at radius 1 is 1.17 bits per heavy atom. The van der Waals surface area contributed by atoms with Gasteiger partial charge >= 0.3 is 11.8 Å². The summed E-state index contributed by atoms with van der Waals surface area (Å²) in [5.74, 6) is -0.759. The molecule has 0 aromatic heterocycles. The Morgan fingerprint density at radius 3 is 2.69 bits per heavy atom. The van der Waals surface area contributed by atoms with Crippen LogP contribution >= 0.6 is 0 Å². The summed E-state index contributed by atoms with van der Waals surface area (Å²) in [6, 6.07) is 13.3. The summed E-state index contributed by atoms with van der Waals surface area (Å²) >= 11 is 0. The molecule has 2 N–H and O–H groups in total. The quantitative estimate of drug-likeness (QED) is 0.731. The van der Waals surface area contributed by atoms with Crippen molar-refractivity contribution in [2.45, 2.75) is 12.5 Å². The lowest BCUT2D eigenvalue weighted by Crippen LogP contribution is -2.40. The molecule has 1 atom stereocenters. The third kappa shape index (κ3) is 4.86. The van der Waals surface area contributed by atoms with Gasteiger partial charge in [-0.15, -0.1) is 0 Å². The average molecular weight is 396 g/mol. The molecule has 7 nitrogen and oxygen atoms in total. The second kappa shape index (κ2) is 8.96. The second-order valence-corrected chi connectivity index (χ2v) is 7.44. The number of likely N-dealkylation sites (N-methyl/N-ethyl adjacent to an activating group) is 2. The van der Waals surface area contributed by atoms with Gasteiger partial charge in [0.1, 0.15) is 5.75 Å². The van der Waals surface area contributed by atoms with Gasteiger partial charge in [-0.25, -0.2) is 0 Å². The highest BCUT2D eigenvalue weighted by atomic mass is 16.5. The predicted octanol–water partition coefficient (Wildman–Crippen LogP) is 2.05. The third-order valence-corrected chi connectivity index (χ3v) is 5.23. The fourth-order valence-corrected chi connectivity index (χ4v) is 3.55. The van der Waals surface area contributed by atoms with Crippen LogP contribution in [0.25, 0.3) is 0 Å². The van der Waals surface area contributed by atoms with Crippen molar-refractivity contribution in [3.63, 3.8) is 0 Å². The summed E-state index contributed by atoms with van der Waals surface area (Å²) in [5, 5.41) is 5.35. The molecule has 1 heterocycles. The largest absolute Gasteiger partial charge is 0.497 e. The van der Waals surface area contributed by atoms with Crippen molar-refractivity contribution < 1.29 is 14.3 Å². The molecule has 3 rings (SSSR count). The number of fused-ring (bicyclic) bond motifs is 1. The first-order chi connectivity index (χ1) is 13.9. The molecule has 1 aliphatic heterocycles. The zero-order valence-electron chi connectivity index (χ0n) is 17.4. The fourth-order valence-electron chi connectivity index (χ4n) is 3.55. The van der Waals surface area contributed by atoms with E-state index < -0.39 is 11.8 Å². The van der Waals surface area contributed by atoms with Crippen molar-refractivity contribution in [1.29, 1.82) is 0 Å². The standard InChI is InChI=1S/C22H28N4O3/c1-25(2)20(15-8-9-19-16(12-15)10-11-26(19)3)14-23-21(27)22(28)24-17-6-5-7-18(13-17)29-4/h5-9,12-13,20H,10-11,14H2,1-4H3,(H,23,27)(H,24,28)/t20-/m0/s1. The topological polar surface area (TPSA) is 73.9 Å². The lowest BCUT2D eigenvalue weighted by molar-refractivity contribution is -0.136. The number of amides is 2. The lowest BCUT2D eigenvalue weighted by atomic mass is 10.0. The summed E-state index contributed by atoms with van der Waals surface area (Å²) in [6.45, 7) is 1.36. The van der Waals surface area contributed by atoms with E-state index in [4.69, 9.17) is 4.74 Å². The number of hydrogen-bond donors (Lipinski definition) is 2. The molecular formula is C22H28N4O3. The SMILES string of the molecule is COc1cccc(NC(=O)C(=O)NC[C@@H](c2ccc3c(c2)CCN3C)N(C)C)c1. The molecule has 7 heteroatoms. The molecule has 0 bridgehead atoms. The van der Waals surface area contributed by atoms with Crippen molar-refractivity contribution in [1.82, 2.24) is 10.2 Å². The number of carbonyl (C=O) groups is 2. The minimum atomic E-state index is -0.702. The van der Waals surface area contributed by atoms with E-state index in [1.54, 1.807) is 31.4 Å². The molecule has 1 aliphatic rings. The fraction of sp³-hybridized carbons (Fsp3) is 0.364. The summed E-state index contributed by atoms with van der Waals surface area (Å²) in [5.41, 5.74) is 4.21. The van der Waals surface area contributed by atoms with Crippen molar-refractivity contribution in [3.05, 3.63) is 53.6 Å². The van der Waals surface area contributed by atoms with Crippen LogP contribution in [0.3, 0.4) is 0 Å². The monoisotopic (exact) mass is 396 g/mol. The van der Waals surface area contributed by atoms with Crippen LogP contribution in [0.4, 0.5) is 11.4 Å². The maximum atomic E-state index is 12.3. The maximum absolute atomic E-state index is 12.3. The summed E-state index contributed by atoms with van der Waals surface area (Å²) < 4.78 is 5.13. The minimum absolute atomic E-state index is 0.0280. The number of hydrogen-bond acceptors (Lipinski definition) is 5. The van der Waals surface area contributed by atoms with Crippen LogP contribution in [-0.2, 0) is 16.0 Å². The van der Waals surface area contributed by atoms with E-state index in [9.17, 15) is 9.59 Å². The van der Waals surface area contributed by atoms with Gasteiger partial charge in [-0.3, -0.25) is 9.59 Å². The molecule has 0 saturated heterocycles. The van der Waals surface area contributed by atoms with E-state index >= 15 is 0 Å². The van der Waals surface area contributed by atoms with Crippen molar-refractivity contribution in [2.75, 3.05) is 51.6 Å². The predicted molar refractivity (Wildman–Crippen MR) is 114 cm³/mol. The Kier molecular flexibility index (Phi) is 6.39. The maximum Gasteiger partial charge on any atom is 0.313 e. The van der Waals surface area contributed by atoms with Gasteiger partial charge < -0.3 is 25.2 Å². The Balaban J connectivity index is 1.63. The van der Waals surface area contributed by atoms with Gasteiger partial charge in [0.15, 0.2) is 0 Å². The van der Waals surface area contributed by atoms with E-state index in [2.05, 4.69) is 40.8 Å². The van der Waals surface area contributed by atoms with E-state index in [-0.39, 0.29) is 6.04 Å². The molecule has 0 saturated carbocycles. The van der Waals surface area contributed by atoms with Crippen molar-refractivity contribution in [3.8, 4) is 5.75 Å². The van der Waals surface area contributed by atoms with Gasteiger partial charge in [0.25, 0.3) is 0 Å². The molecule has 0 radical (unpaired) electrons. The van der Waals surface area contributed by atoms with Crippen LogP contribution < -0.4 is 20.3 Å². The Labute approximate surface area is 171 Å². The van der Waals surface area contributed by atoms with E-state index in [0.29, 0.717) is 18.0 Å². The van der Waals surface area contributed by atoms with E-state index in [1.807, 2.05) is 19.0 Å². The van der Waals surface area contributed by atoms with Crippen LogP contribution in [0.15, 0.2) is 42.5 Å². The minimum Gasteiger partial charge on any atom is -0.497 e. The zero-order valence-corrected chi connectivity index (χ0v) is 17.4. The zero-order chi connectivity index (χ0) is 21.0. The molecule has 2 aromatic rings. The first-order valence-corrected chi connectivity index (χ1v) is 9.62. The Bertz CT molecular complexity index is 897. The van der Waals surface area contributed by atoms with Gasteiger partial charge in [-0.05, 0) is 49.8 Å². The molecule has 29 heavy (non-hydrogen) atoms. The van der Waals surface area contributed by atoms with Crippen LogP contribution in [0.2, 0.25) is 0 Å². The number of nitrogens with zero attached hydrogens (tertiary/aromatic N) is 2. The lowest BCUT2D eigenvalue weighted by Gasteiger charge is -2.26. The van der Waals surface area contributed by atoms with Crippen LogP contribution in [0.5, 0.6) is 5.75 Å². The number of benzene rings is 2. The van der Waals surface area contributed by atoms with E-state index in [1.165, 1.54) is 11.3 Å².